The predicted molar refractivity (Wildman–Crippen MR) is 83.6 cm³/mol. The van der Waals surface area contributed by atoms with E-state index in [4.69, 9.17) is 11.6 Å². The Kier molecular flexibility index (Phi) is 4.04. The molecule has 3 rings (SSSR count). The molecule has 4 nitrogen and oxygen atoms in total. The first-order valence-electron chi connectivity index (χ1n) is 7.66. The Morgan fingerprint density at radius 2 is 1.91 bits per heavy atom. The maximum atomic E-state index is 12.8. The van der Waals surface area contributed by atoms with Gasteiger partial charge in [0.05, 0.1) is 11.6 Å². The molecule has 0 radical (unpaired) electrons. The first-order chi connectivity index (χ1) is 10.6. The van der Waals surface area contributed by atoms with E-state index in [0.717, 1.165) is 25.5 Å². The Morgan fingerprint density at radius 3 is 2.55 bits per heavy atom. The van der Waals surface area contributed by atoms with Crippen molar-refractivity contribution >= 4 is 35.4 Å². The van der Waals surface area contributed by atoms with Crippen LogP contribution in [0.5, 0.6) is 0 Å². The molecule has 0 unspecified atom stereocenters. The molecule has 0 N–H and O–H groups in total. The molecule has 1 aromatic carbocycles. The van der Waals surface area contributed by atoms with Gasteiger partial charge in [-0.2, -0.15) is 0 Å². The molecule has 2 fully saturated rings. The molecule has 22 heavy (non-hydrogen) atoms. The molecule has 1 saturated carbocycles. The summed E-state index contributed by atoms with van der Waals surface area (Å²) in [5, 5.41) is 0.476. The van der Waals surface area contributed by atoms with Crippen LogP contribution in [0.4, 0.5) is 5.69 Å². The fraction of sp³-hybridized carbons (Fsp3) is 0.471. The lowest BCUT2D eigenvalue weighted by Crippen LogP contribution is -2.40. The summed E-state index contributed by atoms with van der Waals surface area (Å²) in [4.78, 5) is 38.1. The molecule has 116 valence electrons. The number of carbonyl (C=O) groups is 3. The lowest BCUT2D eigenvalue weighted by atomic mass is 9.66. The van der Waals surface area contributed by atoms with Crippen molar-refractivity contribution in [3.8, 4) is 0 Å². The summed E-state index contributed by atoms with van der Waals surface area (Å²) < 4.78 is 0. The Balaban J connectivity index is 1.92. The highest BCUT2D eigenvalue weighted by atomic mass is 35.5. The predicted octanol–water partition coefficient (Wildman–Crippen LogP) is 3.37. The number of aldehydes is 1. The highest BCUT2D eigenvalue weighted by molar-refractivity contribution is 6.31. The first kappa shape index (κ1) is 15.2. The van der Waals surface area contributed by atoms with Gasteiger partial charge in [0.2, 0.25) is 11.8 Å². The van der Waals surface area contributed by atoms with Gasteiger partial charge in [0.15, 0.2) is 0 Å². The number of halogens is 1. The van der Waals surface area contributed by atoms with Gasteiger partial charge in [-0.25, -0.2) is 0 Å². The third kappa shape index (κ3) is 2.45. The maximum absolute atomic E-state index is 12.8. The molecule has 1 aliphatic carbocycles. The van der Waals surface area contributed by atoms with Crippen LogP contribution in [0.25, 0.3) is 0 Å². The molecule has 5 heteroatoms. The van der Waals surface area contributed by atoms with Crippen LogP contribution in [0, 0.1) is 11.3 Å². The molecule has 0 aromatic heterocycles. The fourth-order valence-electron chi connectivity index (χ4n) is 3.73. The molecule has 1 heterocycles. The van der Waals surface area contributed by atoms with Crippen LogP contribution in [0.3, 0.4) is 0 Å². The van der Waals surface area contributed by atoms with Crippen molar-refractivity contribution < 1.29 is 14.4 Å². The van der Waals surface area contributed by atoms with Gasteiger partial charge in [-0.3, -0.25) is 14.5 Å². The van der Waals surface area contributed by atoms with Gasteiger partial charge in [0.25, 0.3) is 0 Å². The van der Waals surface area contributed by atoms with Crippen LogP contribution in [0.2, 0.25) is 5.02 Å². The molecular weight excluding hydrogens is 302 g/mol. The molecule has 2 aliphatic rings. The summed E-state index contributed by atoms with van der Waals surface area (Å²) in [6.07, 6.45) is 5.39. The molecule has 1 aromatic rings. The minimum atomic E-state index is -0.668. The summed E-state index contributed by atoms with van der Waals surface area (Å²) in [6.45, 7) is 0. The number of hydrogen-bond acceptors (Lipinski definition) is 3. The number of carbonyl (C=O) groups excluding carboxylic acids is 3. The topological polar surface area (TPSA) is 54.5 Å². The van der Waals surface area contributed by atoms with E-state index in [0.29, 0.717) is 23.6 Å². The van der Waals surface area contributed by atoms with Gasteiger partial charge in [-0.15, -0.1) is 0 Å². The zero-order valence-corrected chi connectivity index (χ0v) is 13.0. The second-order valence-electron chi connectivity index (χ2n) is 6.22. The van der Waals surface area contributed by atoms with Gasteiger partial charge < -0.3 is 4.79 Å². The third-order valence-electron chi connectivity index (χ3n) is 4.93. The minimum Gasteiger partial charge on any atom is -0.303 e. The molecule has 1 aliphatic heterocycles. The van der Waals surface area contributed by atoms with Crippen LogP contribution in [0.15, 0.2) is 24.3 Å². The highest BCUT2D eigenvalue weighted by Gasteiger charge is 2.51. The van der Waals surface area contributed by atoms with Gasteiger partial charge in [-0.05, 0) is 31.0 Å². The van der Waals surface area contributed by atoms with Crippen LogP contribution in [0.1, 0.15) is 38.5 Å². The van der Waals surface area contributed by atoms with Crippen molar-refractivity contribution in [2.24, 2.45) is 11.3 Å². The normalized spacial score (nSPS) is 24.6. The number of amides is 2. The van der Waals surface area contributed by atoms with Gasteiger partial charge in [0.1, 0.15) is 6.29 Å². The number of hydrogen-bond donors (Lipinski definition) is 0. The summed E-state index contributed by atoms with van der Waals surface area (Å²) in [7, 11) is 0. The lowest BCUT2D eigenvalue weighted by molar-refractivity contribution is -0.132. The minimum absolute atomic E-state index is 0.115. The number of nitrogens with zero attached hydrogens (tertiary/aromatic N) is 1. The van der Waals surface area contributed by atoms with Crippen molar-refractivity contribution in [1.29, 1.82) is 0 Å². The van der Waals surface area contributed by atoms with E-state index >= 15 is 0 Å². The molecule has 2 amide bonds. The molecule has 1 saturated heterocycles. The van der Waals surface area contributed by atoms with E-state index in [1.54, 1.807) is 24.3 Å². The van der Waals surface area contributed by atoms with Gasteiger partial charge >= 0.3 is 0 Å². The van der Waals surface area contributed by atoms with Crippen LogP contribution < -0.4 is 4.90 Å². The van der Waals surface area contributed by atoms with Crippen LogP contribution in [-0.4, -0.2) is 18.1 Å². The zero-order chi connectivity index (χ0) is 15.7. The summed E-state index contributed by atoms with van der Waals surface area (Å²) >= 11 is 5.95. The number of rotatable bonds is 3. The van der Waals surface area contributed by atoms with Crippen molar-refractivity contribution in [2.45, 2.75) is 38.5 Å². The molecule has 0 spiro atoms. The molecular formula is C17H18ClNO3. The second-order valence-corrected chi connectivity index (χ2v) is 6.65. The van der Waals surface area contributed by atoms with E-state index in [1.807, 2.05) is 0 Å². The largest absolute Gasteiger partial charge is 0.303 e. The smallest absolute Gasteiger partial charge is 0.238 e. The average molecular weight is 320 g/mol. The van der Waals surface area contributed by atoms with E-state index < -0.39 is 11.3 Å². The van der Waals surface area contributed by atoms with E-state index in [2.05, 4.69) is 0 Å². The lowest BCUT2D eigenvalue weighted by Gasteiger charge is -2.35. The van der Waals surface area contributed by atoms with E-state index in [1.165, 1.54) is 4.90 Å². The van der Waals surface area contributed by atoms with E-state index in [9.17, 15) is 14.4 Å². The quantitative estimate of drug-likeness (QED) is 0.634. The van der Waals surface area contributed by atoms with Gasteiger partial charge in [0, 0.05) is 16.9 Å². The SMILES string of the molecule is O=CC1([C@H]2CC(=O)N(c3cccc(Cl)c3)C2=O)CCCCC1. The first-order valence-corrected chi connectivity index (χ1v) is 8.04. The van der Waals surface area contributed by atoms with Crippen molar-refractivity contribution in [2.75, 3.05) is 4.90 Å². The Labute approximate surface area is 134 Å². The van der Waals surface area contributed by atoms with Gasteiger partial charge in [-0.1, -0.05) is 36.9 Å². The van der Waals surface area contributed by atoms with E-state index in [-0.39, 0.29) is 18.2 Å². The standard InChI is InChI=1S/C17H18ClNO3/c18-12-5-4-6-13(9-12)19-15(21)10-14(16(19)22)17(11-20)7-2-1-3-8-17/h4-6,9,11,14H,1-3,7-8,10H2/t14-/m0/s1. The van der Waals surface area contributed by atoms with Crippen molar-refractivity contribution in [3.05, 3.63) is 29.3 Å². The summed E-state index contributed by atoms with van der Waals surface area (Å²) in [5.74, 6) is -1.04. The second kappa shape index (κ2) is 5.84. The van der Waals surface area contributed by atoms with Crippen molar-refractivity contribution in [3.63, 3.8) is 0 Å². The highest BCUT2D eigenvalue weighted by Crippen LogP contribution is 2.46. The number of imide groups is 1. The van der Waals surface area contributed by atoms with Crippen LogP contribution >= 0.6 is 11.6 Å². The van der Waals surface area contributed by atoms with Crippen LogP contribution in [-0.2, 0) is 14.4 Å². The summed E-state index contributed by atoms with van der Waals surface area (Å²) in [5.41, 5.74) is -0.181. The Hall–Kier alpha value is -1.68. The monoisotopic (exact) mass is 319 g/mol. The Morgan fingerprint density at radius 1 is 1.18 bits per heavy atom. The maximum Gasteiger partial charge on any atom is 0.238 e. The number of benzene rings is 1. The van der Waals surface area contributed by atoms with Crippen molar-refractivity contribution in [1.82, 2.24) is 0 Å². The Bertz CT molecular complexity index is 622. The third-order valence-corrected chi connectivity index (χ3v) is 5.16. The number of anilines is 1. The average Bonchev–Trinajstić information content (AvgIpc) is 2.83. The summed E-state index contributed by atoms with van der Waals surface area (Å²) in [6, 6.07) is 6.70. The fourth-order valence-corrected chi connectivity index (χ4v) is 3.91. The molecule has 0 bridgehead atoms. The molecule has 1 atom stereocenters. The zero-order valence-electron chi connectivity index (χ0n) is 12.3.